The molecule has 0 amide bonds. The largest absolute Gasteiger partial charge is 0.417 e. The van der Waals surface area contributed by atoms with Crippen LogP contribution >= 0.6 is 0 Å². The van der Waals surface area contributed by atoms with Crippen molar-refractivity contribution in [3.63, 3.8) is 0 Å². The molecule has 4 rings (SSSR count). The van der Waals surface area contributed by atoms with Crippen LogP contribution in [0.4, 0.5) is 19.0 Å². The first-order valence-electron chi connectivity index (χ1n) is 9.19. The van der Waals surface area contributed by atoms with Crippen LogP contribution in [0.5, 0.6) is 0 Å². The molecule has 1 N–H and O–H groups in total. The minimum atomic E-state index is -4.41. The number of aryl methyl sites for hydroxylation is 1. The van der Waals surface area contributed by atoms with Crippen LogP contribution in [-0.4, -0.2) is 20.7 Å². The fourth-order valence-corrected chi connectivity index (χ4v) is 3.31. The molecule has 8 heteroatoms. The van der Waals surface area contributed by atoms with Gasteiger partial charge in [0.2, 0.25) is 0 Å². The van der Waals surface area contributed by atoms with Gasteiger partial charge in [0.15, 0.2) is 0 Å². The smallest absolute Gasteiger partial charge is 0.318 e. The van der Waals surface area contributed by atoms with E-state index in [0.29, 0.717) is 0 Å². The van der Waals surface area contributed by atoms with Gasteiger partial charge in [-0.15, -0.1) is 0 Å². The second-order valence-electron chi connectivity index (χ2n) is 6.84. The van der Waals surface area contributed by atoms with Crippen molar-refractivity contribution in [3.8, 4) is 5.69 Å². The highest BCUT2D eigenvalue weighted by Gasteiger charge is 2.30. The van der Waals surface area contributed by atoms with Crippen molar-refractivity contribution < 1.29 is 13.2 Å². The van der Waals surface area contributed by atoms with E-state index < -0.39 is 11.7 Å². The number of hydrazone groups is 1. The zero-order valence-corrected chi connectivity index (χ0v) is 16.3. The molecule has 30 heavy (non-hydrogen) atoms. The second kappa shape index (κ2) is 7.62. The minimum Gasteiger partial charge on any atom is -0.318 e. The van der Waals surface area contributed by atoms with Crippen LogP contribution in [-0.2, 0) is 6.18 Å². The SMILES string of the molecule is Cc1cc(/C=N\Nc2ccc(C(F)(F)F)cn2)c(C)n1-c1ccc2ncccc2c1. The van der Waals surface area contributed by atoms with E-state index in [1.54, 1.807) is 12.4 Å². The van der Waals surface area contributed by atoms with E-state index >= 15 is 0 Å². The lowest BCUT2D eigenvalue weighted by Crippen LogP contribution is -2.05. The molecule has 3 aromatic heterocycles. The van der Waals surface area contributed by atoms with Gasteiger partial charge in [-0.3, -0.25) is 10.4 Å². The standard InChI is InChI=1S/C22H18F3N5/c1-14-10-17(12-28-29-21-8-5-18(13-27-21)22(23,24)25)15(2)30(14)19-6-7-20-16(11-19)4-3-9-26-20/h3-13H,1-2H3,(H,27,29)/b28-12-. The first kappa shape index (κ1) is 19.6. The van der Waals surface area contributed by atoms with Crippen LogP contribution in [0.15, 0.2) is 66.0 Å². The van der Waals surface area contributed by atoms with Crippen molar-refractivity contribution in [2.24, 2.45) is 5.10 Å². The number of halogens is 3. The van der Waals surface area contributed by atoms with Gasteiger partial charge in [-0.2, -0.15) is 18.3 Å². The summed E-state index contributed by atoms with van der Waals surface area (Å²) in [5.41, 5.74) is 6.72. The Balaban J connectivity index is 1.56. The van der Waals surface area contributed by atoms with E-state index in [4.69, 9.17) is 0 Å². The predicted molar refractivity (Wildman–Crippen MR) is 111 cm³/mol. The summed E-state index contributed by atoms with van der Waals surface area (Å²) in [6, 6.07) is 14.2. The summed E-state index contributed by atoms with van der Waals surface area (Å²) in [5.74, 6) is 0.232. The fraction of sp³-hybridized carbons (Fsp3) is 0.136. The first-order valence-corrected chi connectivity index (χ1v) is 9.19. The molecule has 0 spiro atoms. The Morgan fingerprint density at radius 3 is 2.60 bits per heavy atom. The molecule has 0 unspecified atom stereocenters. The molecule has 0 saturated heterocycles. The lowest BCUT2D eigenvalue weighted by atomic mass is 10.2. The lowest BCUT2D eigenvalue weighted by molar-refractivity contribution is -0.137. The van der Waals surface area contributed by atoms with Crippen LogP contribution < -0.4 is 5.43 Å². The quantitative estimate of drug-likeness (QED) is 0.358. The highest BCUT2D eigenvalue weighted by molar-refractivity contribution is 5.84. The average Bonchev–Trinajstić information content (AvgIpc) is 3.00. The van der Waals surface area contributed by atoms with E-state index in [-0.39, 0.29) is 5.82 Å². The molecule has 3 heterocycles. The molecule has 4 aromatic rings. The predicted octanol–water partition coefficient (Wildman–Crippen LogP) is 5.50. The van der Waals surface area contributed by atoms with Crippen LogP contribution in [0.3, 0.4) is 0 Å². The lowest BCUT2D eigenvalue weighted by Gasteiger charge is -2.10. The van der Waals surface area contributed by atoms with Gasteiger partial charge in [0.25, 0.3) is 0 Å². The maximum absolute atomic E-state index is 12.6. The van der Waals surface area contributed by atoms with Crippen LogP contribution in [0, 0.1) is 13.8 Å². The summed E-state index contributed by atoms with van der Waals surface area (Å²) in [7, 11) is 0. The molecular formula is C22H18F3N5. The van der Waals surface area contributed by atoms with E-state index in [9.17, 15) is 13.2 Å². The van der Waals surface area contributed by atoms with E-state index in [1.807, 2.05) is 44.2 Å². The zero-order chi connectivity index (χ0) is 21.3. The highest BCUT2D eigenvalue weighted by Crippen LogP contribution is 2.29. The molecule has 0 aliphatic heterocycles. The average molecular weight is 409 g/mol. The molecule has 1 aromatic carbocycles. The van der Waals surface area contributed by atoms with E-state index in [1.165, 1.54) is 6.07 Å². The Bertz CT molecular complexity index is 1220. The molecule has 0 radical (unpaired) electrons. The number of fused-ring (bicyclic) bond motifs is 1. The van der Waals surface area contributed by atoms with Crippen LogP contribution in [0.2, 0.25) is 0 Å². The molecule has 152 valence electrons. The number of aromatic nitrogens is 3. The summed E-state index contributed by atoms with van der Waals surface area (Å²) in [5, 5.41) is 5.17. The molecule has 0 atom stereocenters. The van der Waals surface area contributed by atoms with Gasteiger partial charge in [0.1, 0.15) is 5.82 Å². The van der Waals surface area contributed by atoms with Crippen molar-refractivity contribution in [2.45, 2.75) is 20.0 Å². The Morgan fingerprint density at radius 1 is 1.03 bits per heavy atom. The number of hydrogen-bond donors (Lipinski definition) is 1. The first-order chi connectivity index (χ1) is 14.3. The molecule has 5 nitrogen and oxygen atoms in total. The number of pyridine rings is 2. The summed E-state index contributed by atoms with van der Waals surface area (Å²) in [6.45, 7) is 3.99. The van der Waals surface area contributed by atoms with Crippen molar-refractivity contribution in [1.82, 2.24) is 14.5 Å². The summed E-state index contributed by atoms with van der Waals surface area (Å²) >= 11 is 0. The van der Waals surface area contributed by atoms with E-state index in [2.05, 4.69) is 31.1 Å². The third-order valence-electron chi connectivity index (χ3n) is 4.79. The number of anilines is 1. The van der Waals surface area contributed by atoms with Crippen molar-refractivity contribution in [1.29, 1.82) is 0 Å². The molecule has 0 aliphatic rings. The Labute approximate surface area is 170 Å². The maximum atomic E-state index is 12.6. The zero-order valence-electron chi connectivity index (χ0n) is 16.3. The van der Waals surface area contributed by atoms with Crippen molar-refractivity contribution in [3.05, 3.63) is 83.4 Å². The number of rotatable bonds is 4. The number of nitrogens with one attached hydrogen (secondary N) is 1. The Kier molecular flexibility index (Phi) is 4.99. The Hall–Kier alpha value is -3.68. The summed E-state index contributed by atoms with van der Waals surface area (Å²) < 4.78 is 39.9. The summed E-state index contributed by atoms with van der Waals surface area (Å²) in [6.07, 6.45) is -0.245. The fourth-order valence-electron chi connectivity index (χ4n) is 3.31. The molecule has 0 aliphatic carbocycles. The maximum Gasteiger partial charge on any atom is 0.417 e. The van der Waals surface area contributed by atoms with Crippen molar-refractivity contribution >= 4 is 22.9 Å². The van der Waals surface area contributed by atoms with Gasteiger partial charge >= 0.3 is 6.18 Å². The number of hydrogen-bond acceptors (Lipinski definition) is 4. The summed E-state index contributed by atoms with van der Waals surface area (Å²) in [4.78, 5) is 8.09. The van der Waals surface area contributed by atoms with Gasteiger partial charge in [0.05, 0.1) is 17.3 Å². The van der Waals surface area contributed by atoms with Gasteiger partial charge in [-0.05, 0) is 56.3 Å². The van der Waals surface area contributed by atoms with Gasteiger partial charge in [0, 0.05) is 40.4 Å². The van der Waals surface area contributed by atoms with Gasteiger partial charge < -0.3 is 4.57 Å². The van der Waals surface area contributed by atoms with Crippen molar-refractivity contribution in [2.75, 3.05) is 5.43 Å². The third-order valence-corrected chi connectivity index (χ3v) is 4.79. The van der Waals surface area contributed by atoms with E-state index in [0.717, 1.165) is 45.8 Å². The molecule has 0 saturated carbocycles. The van der Waals surface area contributed by atoms with Crippen LogP contribution in [0.1, 0.15) is 22.5 Å². The number of benzene rings is 1. The monoisotopic (exact) mass is 409 g/mol. The van der Waals surface area contributed by atoms with Crippen LogP contribution in [0.25, 0.3) is 16.6 Å². The Morgan fingerprint density at radius 2 is 1.87 bits per heavy atom. The van der Waals surface area contributed by atoms with Gasteiger partial charge in [-0.1, -0.05) is 6.07 Å². The number of nitrogens with zero attached hydrogens (tertiary/aromatic N) is 4. The molecule has 0 fully saturated rings. The van der Waals surface area contributed by atoms with Gasteiger partial charge in [-0.25, -0.2) is 4.98 Å². The normalized spacial score (nSPS) is 12.0. The molecule has 0 bridgehead atoms. The second-order valence-corrected chi connectivity index (χ2v) is 6.84. The third kappa shape index (κ3) is 3.89. The minimum absolute atomic E-state index is 0.232. The number of alkyl halides is 3. The molecular weight excluding hydrogens is 391 g/mol. The topological polar surface area (TPSA) is 55.1 Å². The highest BCUT2D eigenvalue weighted by atomic mass is 19.4.